The first-order valence-electron chi connectivity index (χ1n) is 10.5. The van der Waals surface area contributed by atoms with Gasteiger partial charge in [-0.1, -0.05) is 12.1 Å². The Kier molecular flexibility index (Phi) is 7.75. The number of aliphatic hydroxyl groups excluding tert-OH is 1. The van der Waals surface area contributed by atoms with E-state index in [0.29, 0.717) is 6.54 Å². The van der Waals surface area contributed by atoms with Gasteiger partial charge in [-0.15, -0.1) is 0 Å². The van der Waals surface area contributed by atoms with E-state index >= 15 is 0 Å². The largest absolute Gasteiger partial charge is 0.387 e. The Balaban J connectivity index is 1.50. The summed E-state index contributed by atoms with van der Waals surface area (Å²) >= 11 is 2.22. The fourth-order valence-electron chi connectivity index (χ4n) is 3.73. The molecule has 0 amide bonds. The molecular weight excluding hydrogens is 594 g/mol. The second-order valence-corrected chi connectivity index (χ2v) is 10.6. The zero-order valence-electron chi connectivity index (χ0n) is 18.4. The number of aliphatic hydroxyl groups is 1. The minimum atomic E-state index is -4.13. The molecule has 4 atom stereocenters. The number of carbonyl (C=O) groups excluding carboxylic acids is 1. The average molecular weight is 616 g/mol. The fourth-order valence-corrected chi connectivity index (χ4v) is 4.95. The average Bonchev–Trinajstić information content (AvgIpc) is 3.39. The summed E-state index contributed by atoms with van der Waals surface area (Å²) in [5.41, 5.74) is 1.23. The number of alkyl halides is 1. The quantitative estimate of drug-likeness (QED) is 0.239. The summed E-state index contributed by atoms with van der Waals surface area (Å²) in [7, 11) is -2.99. The van der Waals surface area contributed by atoms with Crippen LogP contribution in [0.15, 0.2) is 49.1 Å². The minimum absolute atomic E-state index is 0.0362. The van der Waals surface area contributed by atoms with E-state index in [2.05, 4.69) is 43.0 Å². The van der Waals surface area contributed by atoms with Gasteiger partial charge >= 0.3 is 10.3 Å². The molecule has 3 N–H and O–H groups in total. The van der Waals surface area contributed by atoms with E-state index in [1.54, 1.807) is 16.9 Å². The molecule has 0 radical (unpaired) electrons. The first-order valence-corrected chi connectivity index (χ1v) is 13.0. The maximum Gasteiger partial charge on any atom is 0.335 e. The molecule has 0 spiro atoms. The second kappa shape index (κ2) is 10.6. The number of halogens is 2. The Bertz CT molecular complexity index is 1320. The van der Waals surface area contributed by atoms with Gasteiger partial charge in [0.15, 0.2) is 0 Å². The van der Waals surface area contributed by atoms with Crippen LogP contribution in [0.3, 0.4) is 0 Å². The third kappa shape index (κ3) is 6.00. The highest BCUT2D eigenvalue weighted by molar-refractivity contribution is 14.1. The molecule has 11 nitrogen and oxygen atoms in total. The Labute approximate surface area is 214 Å². The summed E-state index contributed by atoms with van der Waals surface area (Å²) in [6.45, 7) is 0.473. The van der Waals surface area contributed by atoms with Crippen molar-refractivity contribution < 1.29 is 26.9 Å². The normalized spacial score (nSPS) is 22.3. The zero-order chi connectivity index (χ0) is 25.2. The summed E-state index contributed by atoms with van der Waals surface area (Å²) in [6, 6.07) is 8.40. The van der Waals surface area contributed by atoms with Gasteiger partial charge in [-0.3, -0.25) is 13.7 Å². The van der Waals surface area contributed by atoms with Crippen LogP contribution in [0.5, 0.6) is 0 Å². The van der Waals surface area contributed by atoms with Gasteiger partial charge in [0.25, 0.3) is 0 Å². The number of benzene rings is 1. The lowest BCUT2D eigenvalue weighted by Gasteiger charge is -2.17. The Morgan fingerprint density at radius 1 is 1.37 bits per heavy atom. The van der Waals surface area contributed by atoms with Gasteiger partial charge in [-0.25, -0.2) is 14.4 Å². The molecule has 186 valence electrons. The summed E-state index contributed by atoms with van der Waals surface area (Å²) in [4.78, 5) is 21.1. The van der Waals surface area contributed by atoms with E-state index in [-0.39, 0.29) is 23.5 Å². The first-order chi connectivity index (χ1) is 16.7. The molecule has 14 heteroatoms. The second-order valence-electron chi connectivity index (χ2n) is 7.86. The fraction of sp³-hybridized carbons (Fsp3) is 0.333. The summed E-state index contributed by atoms with van der Waals surface area (Å²) in [6.07, 6.45) is -0.880. The third-order valence-electron chi connectivity index (χ3n) is 5.46. The van der Waals surface area contributed by atoms with Crippen molar-refractivity contribution in [2.24, 2.45) is 0 Å². The van der Waals surface area contributed by atoms with Gasteiger partial charge in [0.1, 0.15) is 36.2 Å². The molecule has 1 aliphatic carbocycles. The molecule has 2 heterocycles. The third-order valence-corrected chi connectivity index (χ3v) is 7.14. The molecule has 0 aliphatic heterocycles. The van der Waals surface area contributed by atoms with Crippen molar-refractivity contribution in [2.45, 2.75) is 37.4 Å². The molecule has 2 aromatic heterocycles. The molecule has 4 rings (SSSR count). The summed E-state index contributed by atoms with van der Waals surface area (Å²) < 4.78 is 47.5. The summed E-state index contributed by atoms with van der Waals surface area (Å²) in [5, 5.41) is 17.3. The lowest BCUT2D eigenvalue weighted by Crippen LogP contribution is -2.35. The smallest absolute Gasteiger partial charge is 0.335 e. The van der Waals surface area contributed by atoms with Gasteiger partial charge in [-0.2, -0.15) is 18.2 Å². The molecule has 3 aromatic rings. The Hall–Kier alpha value is -2.53. The predicted octanol–water partition coefficient (Wildman–Crippen LogP) is 1.29. The number of anilines is 1. The number of nitrogens with one attached hydrogen (secondary N) is 2. The van der Waals surface area contributed by atoms with Crippen LogP contribution in [0.1, 0.15) is 28.0 Å². The van der Waals surface area contributed by atoms with Crippen molar-refractivity contribution >= 4 is 44.5 Å². The zero-order valence-corrected chi connectivity index (χ0v) is 21.3. The lowest BCUT2D eigenvalue weighted by molar-refractivity contribution is 0.0248. The van der Waals surface area contributed by atoms with Crippen molar-refractivity contribution in [1.29, 1.82) is 0 Å². The van der Waals surface area contributed by atoms with E-state index in [1.807, 2.05) is 29.0 Å². The van der Waals surface area contributed by atoms with Crippen LogP contribution in [0.25, 0.3) is 0 Å². The van der Waals surface area contributed by atoms with Crippen LogP contribution in [0.4, 0.5) is 10.2 Å². The SMILES string of the molecule is CNS(=O)(=O)O[C@@H]1C[C@@H](Nc2ncncc2C(=O)c2ccn(Cc3cccc(I)c3)n2)[C@@H](F)[C@@H]1O. The summed E-state index contributed by atoms with van der Waals surface area (Å²) in [5.74, 6) is -0.442. The lowest BCUT2D eigenvalue weighted by atomic mass is 10.1. The van der Waals surface area contributed by atoms with Gasteiger partial charge < -0.3 is 10.4 Å². The van der Waals surface area contributed by atoms with Crippen LogP contribution >= 0.6 is 22.6 Å². The number of rotatable bonds is 9. The van der Waals surface area contributed by atoms with E-state index in [4.69, 9.17) is 4.18 Å². The monoisotopic (exact) mass is 616 g/mol. The van der Waals surface area contributed by atoms with Crippen molar-refractivity contribution in [2.75, 3.05) is 12.4 Å². The van der Waals surface area contributed by atoms with E-state index in [9.17, 15) is 22.7 Å². The van der Waals surface area contributed by atoms with Crippen LogP contribution in [0.2, 0.25) is 0 Å². The number of nitrogens with zero attached hydrogens (tertiary/aromatic N) is 4. The molecule has 35 heavy (non-hydrogen) atoms. The van der Waals surface area contributed by atoms with Crippen molar-refractivity contribution in [3.8, 4) is 0 Å². The van der Waals surface area contributed by atoms with Crippen molar-refractivity contribution in [3.63, 3.8) is 0 Å². The molecule has 0 unspecified atom stereocenters. The standard InChI is InChI=1S/C21H22FIN6O5S/c1-24-35(32,33)34-17-8-16(18(22)20(17)31)27-21-14(9-25-11-26-21)19(30)15-5-6-29(28-15)10-12-3-2-4-13(23)7-12/h2-7,9,11,16-18,20,24,31H,8,10H2,1H3,(H,25,26,27)/t16-,17-,18-,20-/m1/s1. The molecule has 1 aromatic carbocycles. The highest BCUT2D eigenvalue weighted by Gasteiger charge is 2.46. The van der Waals surface area contributed by atoms with Crippen LogP contribution in [0, 0.1) is 3.57 Å². The maximum absolute atomic E-state index is 14.7. The Morgan fingerprint density at radius 2 is 2.17 bits per heavy atom. The molecule has 0 bridgehead atoms. The maximum atomic E-state index is 14.7. The number of hydrogen-bond donors (Lipinski definition) is 3. The number of hydrogen-bond acceptors (Lipinski definition) is 9. The van der Waals surface area contributed by atoms with Crippen molar-refractivity contribution in [3.05, 3.63) is 69.4 Å². The minimum Gasteiger partial charge on any atom is -0.387 e. The first kappa shape index (κ1) is 25.6. The van der Waals surface area contributed by atoms with Gasteiger partial charge in [0.2, 0.25) is 5.78 Å². The van der Waals surface area contributed by atoms with E-state index < -0.39 is 40.5 Å². The number of aromatic nitrogens is 4. The van der Waals surface area contributed by atoms with Crippen molar-refractivity contribution in [1.82, 2.24) is 24.5 Å². The molecular formula is C21H22FIN6O5S. The molecule has 0 saturated heterocycles. The molecule has 1 fully saturated rings. The molecule has 1 saturated carbocycles. The van der Waals surface area contributed by atoms with Crippen LogP contribution in [-0.4, -0.2) is 70.5 Å². The van der Waals surface area contributed by atoms with Gasteiger partial charge in [0, 0.05) is 29.4 Å². The number of ketones is 1. The highest BCUT2D eigenvalue weighted by Crippen LogP contribution is 2.30. The number of carbonyl (C=O) groups is 1. The van der Waals surface area contributed by atoms with E-state index in [0.717, 1.165) is 16.2 Å². The van der Waals surface area contributed by atoms with Gasteiger partial charge in [-0.05, 0) is 46.4 Å². The molecule has 1 aliphatic rings. The van der Waals surface area contributed by atoms with Crippen LogP contribution in [-0.2, 0) is 21.0 Å². The predicted molar refractivity (Wildman–Crippen MR) is 132 cm³/mol. The Morgan fingerprint density at radius 3 is 2.91 bits per heavy atom. The topological polar surface area (TPSA) is 148 Å². The highest BCUT2D eigenvalue weighted by atomic mass is 127. The van der Waals surface area contributed by atoms with Gasteiger partial charge in [0.05, 0.1) is 18.2 Å². The van der Waals surface area contributed by atoms with Crippen LogP contribution < -0.4 is 10.0 Å². The van der Waals surface area contributed by atoms with E-state index in [1.165, 1.54) is 12.5 Å².